The Morgan fingerprint density at radius 1 is 1.42 bits per heavy atom. The highest BCUT2D eigenvalue weighted by atomic mass is 35.5. The number of amides is 1. The van der Waals surface area contributed by atoms with Gasteiger partial charge in [0.15, 0.2) is 0 Å². The number of carboxylic acid groups (broad SMARTS) is 1. The lowest BCUT2D eigenvalue weighted by Crippen LogP contribution is -2.36. The van der Waals surface area contributed by atoms with Crippen LogP contribution in [-0.2, 0) is 4.79 Å². The maximum Gasteiger partial charge on any atom is 0.305 e. The largest absolute Gasteiger partial charge is 0.481 e. The van der Waals surface area contributed by atoms with Gasteiger partial charge < -0.3 is 10.4 Å². The van der Waals surface area contributed by atoms with Crippen LogP contribution < -0.4 is 5.32 Å². The monoisotopic (exact) mass is 283 g/mol. The van der Waals surface area contributed by atoms with Crippen LogP contribution in [0.2, 0.25) is 5.02 Å². The quantitative estimate of drug-likeness (QED) is 0.843. The molecule has 4 nitrogen and oxygen atoms in total. The minimum Gasteiger partial charge on any atom is -0.481 e. The number of hydrogen-bond acceptors (Lipinski definition) is 2. The van der Waals surface area contributed by atoms with E-state index in [0.717, 1.165) is 12.0 Å². The molecule has 0 fully saturated rings. The number of benzene rings is 1. The summed E-state index contributed by atoms with van der Waals surface area (Å²) in [6.07, 6.45) is 1.38. The van der Waals surface area contributed by atoms with Crippen molar-refractivity contribution in [1.82, 2.24) is 5.32 Å². The van der Waals surface area contributed by atoms with E-state index in [-0.39, 0.29) is 18.4 Å². The normalized spacial score (nSPS) is 11.9. The van der Waals surface area contributed by atoms with Gasteiger partial charge in [-0.15, -0.1) is 0 Å². The number of rotatable bonds is 6. The van der Waals surface area contributed by atoms with E-state index >= 15 is 0 Å². The van der Waals surface area contributed by atoms with E-state index in [2.05, 4.69) is 5.32 Å². The maximum absolute atomic E-state index is 12.0. The van der Waals surface area contributed by atoms with Gasteiger partial charge in [-0.2, -0.15) is 0 Å². The van der Waals surface area contributed by atoms with E-state index in [1.807, 2.05) is 13.8 Å². The maximum atomic E-state index is 12.0. The van der Waals surface area contributed by atoms with Crippen LogP contribution >= 0.6 is 11.6 Å². The summed E-state index contributed by atoms with van der Waals surface area (Å²) < 4.78 is 0. The molecule has 1 atom stereocenters. The van der Waals surface area contributed by atoms with E-state index < -0.39 is 5.97 Å². The number of carboxylic acids is 1. The van der Waals surface area contributed by atoms with Crippen LogP contribution in [0.25, 0.3) is 0 Å². The first-order valence-corrected chi connectivity index (χ1v) is 6.60. The second-order valence-electron chi connectivity index (χ2n) is 4.52. The Morgan fingerprint density at radius 2 is 2.11 bits per heavy atom. The minimum atomic E-state index is -0.916. The van der Waals surface area contributed by atoms with Crippen LogP contribution in [0.15, 0.2) is 18.2 Å². The fourth-order valence-corrected chi connectivity index (χ4v) is 1.97. The Balaban J connectivity index is 2.75. The summed E-state index contributed by atoms with van der Waals surface area (Å²) in [7, 11) is 0. The van der Waals surface area contributed by atoms with Crippen molar-refractivity contribution in [3.8, 4) is 0 Å². The Hall–Kier alpha value is -1.55. The molecule has 0 saturated heterocycles. The summed E-state index contributed by atoms with van der Waals surface area (Å²) in [4.78, 5) is 22.7. The summed E-state index contributed by atoms with van der Waals surface area (Å²) >= 11 is 5.97. The zero-order valence-electron chi connectivity index (χ0n) is 11.1. The molecule has 1 unspecified atom stereocenters. The lowest BCUT2D eigenvalue weighted by Gasteiger charge is -2.16. The molecule has 2 N–H and O–H groups in total. The SMILES string of the molecule is CCCC(CC(=O)O)NC(=O)c1ccc(C)c(Cl)c1. The number of aliphatic carboxylic acids is 1. The summed E-state index contributed by atoms with van der Waals surface area (Å²) in [6, 6.07) is 4.69. The lowest BCUT2D eigenvalue weighted by molar-refractivity contribution is -0.137. The summed E-state index contributed by atoms with van der Waals surface area (Å²) in [6.45, 7) is 3.80. The molecule has 0 bridgehead atoms. The van der Waals surface area contributed by atoms with Crippen LogP contribution in [0.1, 0.15) is 42.1 Å². The molecule has 1 aromatic rings. The third kappa shape index (κ3) is 4.91. The molecule has 1 rings (SSSR count). The first-order valence-electron chi connectivity index (χ1n) is 6.22. The number of aryl methyl sites for hydroxylation is 1. The molecule has 1 aromatic carbocycles. The van der Waals surface area contributed by atoms with Crippen molar-refractivity contribution in [3.05, 3.63) is 34.3 Å². The van der Waals surface area contributed by atoms with Gasteiger partial charge in [-0.05, 0) is 31.0 Å². The van der Waals surface area contributed by atoms with Crippen LogP contribution in [-0.4, -0.2) is 23.0 Å². The highest BCUT2D eigenvalue weighted by Crippen LogP contribution is 2.17. The molecule has 0 aliphatic carbocycles. The molecule has 104 valence electrons. The zero-order valence-corrected chi connectivity index (χ0v) is 11.8. The van der Waals surface area contributed by atoms with E-state index in [1.54, 1.807) is 18.2 Å². The molecular weight excluding hydrogens is 266 g/mol. The second-order valence-corrected chi connectivity index (χ2v) is 4.93. The molecule has 0 aliphatic heterocycles. The second kappa shape index (κ2) is 7.14. The molecular formula is C14H18ClNO3. The van der Waals surface area contributed by atoms with Crippen molar-refractivity contribution in [2.45, 2.75) is 39.2 Å². The smallest absolute Gasteiger partial charge is 0.305 e. The zero-order chi connectivity index (χ0) is 14.4. The fraction of sp³-hybridized carbons (Fsp3) is 0.429. The van der Waals surface area contributed by atoms with Crippen LogP contribution in [0.4, 0.5) is 0 Å². The summed E-state index contributed by atoms with van der Waals surface area (Å²) in [5.41, 5.74) is 1.34. The number of halogens is 1. The topological polar surface area (TPSA) is 66.4 Å². The fourth-order valence-electron chi connectivity index (χ4n) is 1.79. The Kier molecular flexibility index (Phi) is 5.83. The van der Waals surface area contributed by atoms with E-state index in [4.69, 9.17) is 16.7 Å². The van der Waals surface area contributed by atoms with E-state index in [9.17, 15) is 9.59 Å². The van der Waals surface area contributed by atoms with Crippen LogP contribution in [0.5, 0.6) is 0 Å². The number of hydrogen-bond donors (Lipinski definition) is 2. The Morgan fingerprint density at radius 3 is 2.63 bits per heavy atom. The van der Waals surface area contributed by atoms with Gasteiger partial charge in [-0.3, -0.25) is 9.59 Å². The predicted octanol–water partition coefficient (Wildman–Crippen LogP) is 3.02. The predicted molar refractivity (Wildman–Crippen MR) is 74.6 cm³/mol. The standard InChI is InChI=1S/C14H18ClNO3/c1-3-4-11(8-13(17)18)16-14(19)10-6-5-9(2)12(15)7-10/h5-7,11H,3-4,8H2,1-2H3,(H,16,19)(H,17,18). The molecule has 0 aromatic heterocycles. The van der Waals surface area contributed by atoms with Crippen molar-refractivity contribution in [2.75, 3.05) is 0 Å². The number of carbonyl (C=O) groups is 2. The molecule has 5 heteroatoms. The van der Waals surface area contributed by atoms with Crippen LogP contribution in [0, 0.1) is 6.92 Å². The van der Waals surface area contributed by atoms with Gasteiger partial charge in [0.25, 0.3) is 5.91 Å². The molecule has 19 heavy (non-hydrogen) atoms. The van der Waals surface area contributed by atoms with Crippen molar-refractivity contribution in [2.24, 2.45) is 0 Å². The number of carbonyl (C=O) groups excluding carboxylic acids is 1. The lowest BCUT2D eigenvalue weighted by atomic mass is 10.1. The summed E-state index contributed by atoms with van der Waals surface area (Å²) in [5, 5.41) is 12.1. The van der Waals surface area contributed by atoms with Gasteiger partial charge in [-0.25, -0.2) is 0 Å². The number of nitrogens with one attached hydrogen (secondary N) is 1. The molecule has 0 spiro atoms. The molecule has 0 heterocycles. The molecule has 0 radical (unpaired) electrons. The van der Waals surface area contributed by atoms with E-state index in [1.165, 1.54) is 0 Å². The van der Waals surface area contributed by atoms with Crippen molar-refractivity contribution < 1.29 is 14.7 Å². The van der Waals surface area contributed by atoms with E-state index in [0.29, 0.717) is 17.0 Å². The highest BCUT2D eigenvalue weighted by molar-refractivity contribution is 6.31. The summed E-state index contributed by atoms with van der Waals surface area (Å²) in [5.74, 6) is -1.21. The Bertz CT molecular complexity index is 474. The van der Waals surface area contributed by atoms with Gasteiger partial charge >= 0.3 is 5.97 Å². The van der Waals surface area contributed by atoms with Crippen LogP contribution in [0.3, 0.4) is 0 Å². The average molecular weight is 284 g/mol. The first kappa shape index (κ1) is 15.5. The van der Waals surface area contributed by atoms with Crippen molar-refractivity contribution >= 4 is 23.5 Å². The van der Waals surface area contributed by atoms with Crippen molar-refractivity contribution in [3.63, 3.8) is 0 Å². The van der Waals surface area contributed by atoms with Gasteiger partial charge in [0.05, 0.1) is 6.42 Å². The van der Waals surface area contributed by atoms with Gasteiger partial charge in [0.2, 0.25) is 0 Å². The van der Waals surface area contributed by atoms with Gasteiger partial charge in [-0.1, -0.05) is 31.0 Å². The highest BCUT2D eigenvalue weighted by Gasteiger charge is 2.16. The molecule has 0 saturated carbocycles. The molecule has 0 aliphatic rings. The Labute approximate surface area is 117 Å². The third-order valence-electron chi connectivity index (χ3n) is 2.83. The first-order chi connectivity index (χ1) is 8.93. The average Bonchev–Trinajstić information content (AvgIpc) is 2.32. The van der Waals surface area contributed by atoms with Gasteiger partial charge in [0.1, 0.15) is 0 Å². The minimum absolute atomic E-state index is 0.0703. The third-order valence-corrected chi connectivity index (χ3v) is 3.23. The van der Waals surface area contributed by atoms with Gasteiger partial charge in [0, 0.05) is 16.6 Å². The van der Waals surface area contributed by atoms with Crippen molar-refractivity contribution in [1.29, 1.82) is 0 Å². The molecule has 1 amide bonds.